The largest absolute Gasteiger partial charge is 0.462 e. The topological polar surface area (TPSA) is 113 Å². The molecule has 0 aliphatic carbocycles. The average Bonchev–Trinajstić information content (AvgIpc) is 2.87. The predicted octanol–water partition coefficient (Wildman–Crippen LogP) is 6.07. The van der Waals surface area contributed by atoms with Gasteiger partial charge in [-0.2, -0.15) is 0 Å². The first kappa shape index (κ1) is 36.3. The van der Waals surface area contributed by atoms with E-state index < -0.39 is 24.3 Å². The third-order valence-electron chi connectivity index (χ3n) is 6.91. The van der Waals surface area contributed by atoms with Crippen molar-refractivity contribution in [2.75, 3.05) is 0 Å². The van der Waals surface area contributed by atoms with E-state index in [1.165, 1.54) is 6.08 Å². The van der Waals surface area contributed by atoms with Crippen molar-refractivity contribution >= 4 is 11.9 Å². The van der Waals surface area contributed by atoms with Gasteiger partial charge in [-0.15, -0.1) is 0 Å². The number of allylic oxidation sites excluding steroid dienone is 9. The molecule has 3 N–H and O–H groups in total. The lowest BCUT2D eigenvalue weighted by Gasteiger charge is -2.24. The number of ether oxygens (including phenoxy) is 2. The van der Waals surface area contributed by atoms with Gasteiger partial charge in [0.2, 0.25) is 0 Å². The molecule has 0 aromatic rings. The van der Waals surface area contributed by atoms with Crippen LogP contribution in [0.3, 0.4) is 0 Å². The Morgan fingerprint density at radius 2 is 1.71 bits per heavy atom. The van der Waals surface area contributed by atoms with Crippen molar-refractivity contribution in [3.05, 3.63) is 71.4 Å². The molecule has 0 radical (unpaired) electrons. The Hall–Kier alpha value is -2.74. The summed E-state index contributed by atoms with van der Waals surface area (Å²) in [6.07, 6.45) is 16.3. The van der Waals surface area contributed by atoms with Gasteiger partial charge in [-0.1, -0.05) is 86.1 Å². The van der Waals surface area contributed by atoms with Gasteiger partial charge in [0.15, 0.2) is 0 Å². The van der Waals surface area contributed by atoms with Crippen LogP contribution in [0.25, 0.3) is 0 Å². The summed E-state index contributed by atoms with van der Waals surface area (Å²) in [7, 11) is 0. The molecule has 0 bridgehead atoms. The average molecular weight is 573 g/mol. The predicted molar refractivity (Wildman–Crippen MR) is 164 cm³/mol. The molecular weight excluding hydrogens is 520 g/mol. The van der Waals surface area contributed by atoms with Crippen molar-refractivity contribution in [3.8, 4) is 0 Å². The number of esters is 2. The van der Waals surface area contributed by atoms with E-state index in [9.17, 15) is 24.9 Å². The molecule has 0 fully saturated rings. The SMILES string of the molecule is CC(=C/C=C/C(C)=C/[C@@H](O)[C@@H](O)C[C@H](C)O)C=C(C)/C=C/C(=O)O[C@H]1CCCC(=O)O[C@@H](C(C)C)C/C=C/C[C@@H]1C. The van der Waals surface area contributed by atoms with E-state index in [0.29, 0.717) is 25.7 Å². The molecule has 7 nitrogen and oxygen atoms in total. The van der Waals surface area contributed by atoms with E-state index in [0.717, 1.165) is 23.1 Å². The zero-order valence-corrected chi connectivity index (χ0v) is 26.0. The van der Waals surface area contributed by atoms with Crippen LogP contribution in [0.15, 0.2) is 71.4 Å². The number of cyclic esters (lactones) is 1. The van der Waals surface area contributed by atoms with Gasteiger partial charge < -0.3 is 24.8 Å². The fraction of sp³-hybridized carbons (Fsp3) is 0.588. The van der Waals surface area contributed by atoms with Crippen molar-refractivity contribution in [2.45, 2.75) is 118 Å². The molecule has 1 rings (SSSR count). The van der Waals surface area contributed by atoms with Gasteiger partial charge in [-0.05, 0) is 58.8 Å². The number of carbonyl (C=O) groups is 2. The number of aliphatic hydroxyl groups is 3. The van der Waals surface area contributed by atoms with Gasteiger partial charge in [0.1, 0.15) is 12.2 Å². The molecule has 6 atom stereocenters. The third-order valence-corrected chi connectivity index (χ3v) is 6.91. The van der Waals surface area contributed by atoms with Crippen LogP contribution in [0.5, 0.6) is 0 Å². The molecule has 0 unspecified atom stereocenters. The second-order valence-corrected chi connectivity index (χ2v) is 11.6. The number of rotatable bonds is 11. The van der Waals surface area contributed by atoms with Crippen molar-refractivity contribution in [2.24, 2.45) is 11.8 Å². The van der Waals surface area contributed by atoms with E-state index >= 15 is 0 Å². The molecule has 0 amide bonds. The minimum Gasteiger partial charge on any atom is -0.462 e. The van der Waals surface area contributed by atoms with Crippen LogP contribution in [0.1, 0.15) is 87.0 Å². The first-order valence-corrected chi connectivity index (χ1v) is 14.8. The van der Waals surface area contributed by atoms with Gasteiger partial charge >= 0.3 is 11.9 Å². The molecule has 1 heterocycles. The highest BCUT2D eigenvalue weighted by molar-refractivity contribution is 5.82. The Balaban J connectivity index is 2.73. The Morgan fingerprint density at radius 3 is 2.37 bits per heavy atom. The van der Waals surface area contributed by atoms with Crippen LogP contribution in [-0.2, 0) is 19.1 Å². The van der Waals surface area contributed by atoms with Crippen molar-refractivity contribution < 1.29 is 34.4 Å². The molecule has 0 aromatic heterocycles. The summed E-state index contributed by atoms with van der Waals surface area (Å²) < 4.78 is 11.4. The highest BCUT2D eigenvalue weighted by atomic mass is 16.5. The molecule has 230 valence electrons. The minimum atomic E-state index is -1.05. The molecule has 0 aromatic carbocycles. The summed E-state index contributed by atoms with van der Waals surface area (Å²) in [6.45, 7) is 13.4. The Bertz CT molecular complexity index is 997. The zero-order valence-electron chi connectivity index (χ0n) is 26.0. The lowest BCUT2D eigenvalue weighted by atomic mass is 9.94. The molecule has 1 aliphatic heterocycles. The monoisotopic (exact) mass is 572 g/mol. The van der Waals surface area contributed by atoms with E-state index in [1.807, 2.05) is 45.1 Å². The summed E-state index contributed by atoms with van der Waals surface area (Å²) in [5.74, 6) is -0.228. The zero-order chi connectivity index (χ0) is 30.9. The maximum atomic E-state index is 12.6. The standard InChI is InChI=1S/C34H52O7/c1-23(2)31-15-9-8-14-27(6)32(16-11-17-33(38)40-31)41-34(39)19-18-26(5)20-24(3)12-10-13-25(4)21-29(36)30(37)22-28(7)35/h8-10,12-13,18-21,23,27-32,35-37H,11,14-17,22H2,1-7H3/b9-8+,13-10+,19-18+,24-12?,25-21+,26-20?/t27-,28-,29+,30-,31+,32-/m0/s1. The van der Waals surface area contributed by atoms with E-state index in [4.69, 9.17) is 9.47 Å². The Kier molecular flexibility index (Phi) is 17.2. The van der Waals surface area contributed by atoms with Gasteiger partial charge in [0, 0.05) is 25.3 Å². The fourth-order valence-corrected chi connectivity index (χ4v) is 4.40. The van der Waals surface area contributed by atoms with Crippen LogP contribution in [0.4, 0.5) is 0 Å². The molecular formula is C34H52O7. The summed E-state index contributed by atoms with van der Waals surface area (Å²) >= 11 is 0. The summed E-state index contributed by atoms with van der Waals surface area (Å²) in [5.41, 5.74) is 2.62. The normalized spacial score (nSPS) is 25.4. The molecule has 41 heavy (non-hydrogen) atoms. The van der Waals surface area contributed by atoms with Crippen LogP contribution in [-0.4, -0.2) is 57.8 Å². The first-order valence-electron chi connectivity index (χ1n) is 14.8. The van der Waals surface area contributed by atoms with E-state index in [1.54, 1.807) is 19.1 Å². The lowest BCUT2D eigenvalue weighted by Crippen LogP contribution is -2.27. The third kappa shape index (κ3) is 16.3. The van der Waals surface area contributed by atoms with Crippen LogP contribution < -0.4 is 0 Å². The van der Waals surface area contributed by atoms with Crippen molar-refractivity contribution in [1.82, 2.24) is 0 Å². The molecule has 0 spiro atoms. The minimum absolute atomic E-state index is 0.102. The smallest absolute Gasteiger partial charge is 0.331 e. The number of aliphatic hydroxyl groups excluding tert-OH is 3. The van der Waals surface area contributed by atoms with Crippen molar-refractivity contribution in [3.63, 3.8) is 0 Å². The quantitative estimate of drug-likeness (QED) is 0.119. The maximum Gasteiger partial charge on any atom is 0.331 e. The Morgan fingerprint density at radius 1 is 1.02 bits per heavy atom. The number of hydrogen-bond acceptors (Lipinski definition) is 7. The Labute approximate surface area is 247 Å². The maximum absolute atomic E-state index is 12.6. The summed E-state index contributed by atoms with van der Waals surface area (Å²) in [4.78, 5) is 24.9. The second kappa shape index (κ2) is 19.4. The number of hydrogen-bond donors (Lipinski definition) is 3. The molecule has 0 saturated heterocycles. The van der Waals surface area contributed by atoms with Crippen molar-refractivity contribution in [1.29, 1.82) is 0 Å². The van der Waals surface area contributed by atoms with Gasteiger partial charge in [0.05, 0.1) is 18.3 Å². The fourth-order valence-electron chi connectivity index (χ4n) is 4.40. The van der Waals surface area contributed by atoms with Gasteiger partial charge in [-0.25, -0.2) is 4.79 Å². The molecule has 7 heteroatoms. The molecule has 1 aliphatic rings. The van der Waals surface area contributed by atoms with Crippen LogP contribution in [0, 0.1) is 11.8 Å². The lowest BCUT2D eigenvalue weighted by molar-refractivity contribution is -0.151. The second-order valence-electron chi connectivity index (χ2n) is 11.6. The number of carbonyl (C=O) groups excluding carboxylic acids is 2. The van der Waals surface area contributed by atoms with E-state index in [-0.39, 0.29) is 36.4 Å². The summed E-state index contributed by atoms with van der Waals surface area (Å²) in [6, 6.07) is 0. The molecule has 0 saturated carbocycles. The van der Waals surface area contributed by atoms with E-state index in [2.05, 4.69) is 32.9 Å². The highest BCUT2D eigenvalue weighted by Crippen LogP contribution is 2.22. The first-order chi connectivity index (χ1) is 19.3. The summed E-state index contributed by atoms with van der Waals surface area (Å²) in [5, 5.41) is 29.3. The van der Waals surface area contributed by atoms with Gasteiger partial charge in [-0.3, -0.25) is 4.79 Å². The van der Waals surface area contributed by atoms with Crippen LogP contribution in [0.2, 0.25) is 0 Å². The van der Waals surface area contributed by atoms with Crippen LogP contribution >= 0.6 is 0 Å². The van der Waals surface area contributed by atoms with Gasteiger partial charge in [0.25, 0.3) is 0 Å². The highest BCUT2D eigenvalue weighted by Gasteiger charge is 2.23.